The normalized spacial score (nSPS) is 18.7. The van der Waals surface area contributed by atoms with Crippen LogP contribution in [-0.4, -0.2) is 0 Å². The molecule has 1 aliphatic carbocycles. The smallest absolute Gasteiger partial charge is 0.0317 e. The standard InChI is InChI=1S/C7H12/c1-2-4-7-5-3-6-7/h4H,2-3,5-6H2,1H3. The zero-order valence-electron chi connectivity index (χ0n) is 4.91. The van der Waals surface area contributed by atoms with Crippen molar-refractivity contribution in [1.29, 1.82) is 0 Å². The lowest BCUT2D eigenvalue weighted by Gasteiger charge is -2.14. The molecule has 0 aromatic carbocycles. The van der Waals surface area contributed by atoms with E-state index in [2.05, 4.69) is 13.0 Å². The largest absolute Gasteiger partial charge is 0.0856 e. The molecule has 0 N–H and O–H groups in total. The van der Waals surface area contributed by atoms with Crippen LogP contribution in [0, 0.1) is 0 Å². The Hall–Kier alpha value is -0.260. The molecule has 1 aliphatic rings. The predicted molar refractivity (Wildman–Crippen MR) is 32.2 cm³/mol. The van der Waals surface area contributed by atoms with Gasteiger partial charge in [-0.05, 0) is 25.7 Å². The Morgan fingerprint density at radius 3 is 2.43 bits per heavy atom. The molecule has 1 rings (SSSR count). The summed E-state index contributed by atoms with van der Waals surface area (Å²) in [5.74, 6) is 0. The Morgan fingerprint density at radius 2 is 2.29 bits per heavy atom. The fraction of sp³-hybridized carbons (Fsp3) is 0.714. The predicted octanol–water partition coefficient (Wildman–Crippen LogP) is 2.51. The molecule has 1 fully saturated rings. The third kappa shape index (κ3) is 1.05. The van der Waals surface area contributed by atoms with Crippen LogP contribution in [0.4, 0.5) is 0 Å². The van der Waals surface area contributed by atoms with Crippen molar-refractivity contribution in [2.45, 2.75) is 32.6 Å². The van der Waals surface area contributed by atoms with Gasteiger partial charge in [-0.25, -0.2) is 0 Å². The van der Waals surface area contributed by atoms with Gasteiger partial charge in [-0.2, -0.15) is 0 Å². The van der Waals surface area contributed by atoms with Crippen LogP contribution < -0.4 is 0 Å². The average Bonchev–Trinajstić information content (AvgIpc) is 1.55. The van der Waals surface area contributed by atoms with E-state index in [9.17, 15) is 0 Å². The number of rotatable bonds is 1. The molecule has 0 saturated heterocycles. The van der Waals surface area contributed by atoms with Gasteiger partial charge in [0.15, 0.2) is 0 Å². The minimum absolute atomic E-state index is 1.23. The summed E-state index contributed by atoms with van der Waals surface area (Å²) in [6.07, 6.45) is 7.78. The molecule has 0 nitrogen and oxygen atoms in total. The van der Waals surface area contributed by atoms with Gasteiger partial charge in [0.1, 0.15) is 0 Å². The Labute approximate surface area is 45.2 Å². The maximum Gasteiger partial charge on any atom is -0.0317 e. The monoisotopic (exact) mass is 96.1 g/mol. The third-order valence-corrected chi connectivity index (χ3v) is 1.49. The fourth-order valence-electron chi connectivity index (χ4n) is 0.874. The van der Waals surface area contributed by atoms with Crippen molar-refractivity contribution in [2.75, 3.05) is 0 Å². The molecule has 0 spiro atoms. The topological polar surface area (TPSA) is 0 Å². The summed E-state index contributed by atoms with van der Waals surface area (Å²) in [4.78, 5) is 0. The minimum Gasteiger partial charge on any atom is -0.0856 e. The lowest BCUT2D eigenvalue weighted by molar-refractivity contribution is 0.657. The van der Waals surface area contributed by atoms with Crippen molar-refractivity contribution in [1.82, 2.24) is 0 Å². The van der Waals surface area contributed by atoms with Gasteiger partial charge in [0.2, 0.25) is 0 Å². The third-order valence-electron chi connectivity index (χ3n) is 1.49. The zero-order chi connectivity index (χ0) is 5.11. The average molecular weight is 96.2 g/mol. The van der Waals surface area contributed by atoms with Gasteiger partial charge < -0.3 is 0 Å². The van der Waals surface area contributed by atoms with Crippen LogP contribution in [0.15, 0.2) is 11.6 Å². The van der Waals surface area contributed by atoms with Crippen LogP contribution in [0.1, 0.15) is 32.6 Å². The summed E-state index contributed by atoms with van der Waals surface area (Å²) in [5, 5.41) is 0. The summed E-state index contributed by atoms with van der Waals surface area (Å²) in [6.45, 7) is 2.20. The molecule has 0 heteroatoms. The number of hydrogen-bond donors (Lipinski definition) is 0. The highest BCUT2D eigenvalue weighted by molar-refractivity contribution is 5.08. The van der Waals surface area contributed by atoms with Crippen molar-refractivity contribution in [2.24, 2.45) is 0 Å². The van der Waals surface area contributed by atoms with Gasteiger partial charge in [-0.1, -0.05) is 18.6 Å². The van der Waals surface area contributed by atoms with Crippen molar-refractivity contribution in [3.05, 3.63) is 11.6 Å². The van der Waals surface area contributed by atoms with Gasteiger partial charge in [-0.15, -0.1) is 0 Å². The summed E-state index contributed by atoms with van der Waals surface area (Å²) in [6, 6.07) is 0. The number of allylic oxidation sites excluding steroid dienone is 2. The summed E-state index contributed by atoms with van der Waals surface area (Å²) < 4.78 is 0. The second-order valence-corrected chi connectivity index (χ2v) is 2.12. The molecular weight excluding hydrogens is 84.1 g/mol. The van der Waals surface area contributed by atoms with Gasteiger partial charge in [0.25, 0.3) is 0 Å². The van der Waals surface area contributed by atoms with Gasteiger partial charge >= 0.3 is 0 Å². The molecule has 40 valence electrons. The molecule has 0 aromatic heterocycles. The molecule has 0 bridgehead atoms. The Balaban J connectivity index is 2.23. The maximum atomic E-state index is 2.35. The molecular formula is C7H12. The van der Waals surface area contributed by atoms with Gasteiger partial charge in [-0.3, -0.25) is 0 Å². The zero-order valence-corrected chi connectivity index (χ0v) is 4.91. The fourth-order valence-corrected chi connectivity index (χ4v) is 0.874. The van der Waals surface area contributed by atoms with Crippen LogP contribution in [-0.2, 0) is 0 Å². The van der Waals surface area contributed by atoms with E-state index in [0.29, 0.717) is 0 Å². The SMILES string of the molecule is CCC=C1CCC1. The summed E-state index contributed by atoms with van der Waals surface area (Å²) >= 11 is 0. The Bertz CT molecular complexity index is 74.0. The first-order chi connectivity index (χ1) is 3.43. The van der Waals surface area contributed by atoms with Crippen LogP contribution in [0.3, 0.4) is 0 Å². The lowest BCUT2D eigenvalue weighted by atomic mass is 9.92. The lowest BCUT2D eigenvalue weighted by Crippen LogP contribution is -1.95. The van der Waals surface area contributed by atoms with E-state index in [1.165, 1.54) is 25.7 Å². The van der Waals surface area contributed by atoms with E-state index in [0.717, 1.165) is 0 Å². The Morgan fingerprint density at radius 1 is 1.57 bits per heavy atom. The highest BCUT2D eigenvalue weighted by atomic mass is 14.1. The first-order valence-corrected chi connectivity index (χ1v) is 3.11. The quantitative estimate of drug-likeness (QED) is 0.440. The molecule has 0 amide bonds. The van der Waals surface area contributed by atoms with Crippen LogP contribution in [0.25, 0.3) is 0 Å². The second-order valence-electron chi connectivity index (χ2n) is 2.12. The molecule has 0 unspecified atom stereocenters. The van der Waals surface area contributed by atoms with Crippen molar-refractivity contribution >= 4 is 0 Å². The molecule has 0 aromatic rings. The van der Waals surface area contributed by atoms with E-state index >= 15 is 0 Å². The number of hydrogen-bond acceptors (Lipinski definition) is 0. The van der Waals surface area contributed by atoms with E-state index in [1.54, 1.807) is 5.57 Å². The van der Waals surface area contributed by atoms with Crippen LogP contribution >= 0.6 is 0 Å². The van der Waals surface area contributed by atoms with E-state index in [4.69, 9.17) is 0 Å². The molecule has 1 saturated carbocycles. The summed E-state index contributed by atoms with van der Waals surface area (Å²) in [7, 11) is 0. The molecule has 0 heterocycles. The van der Waals surface area contributed by atoms with E-state index in [1.807, 2.05) is 0 Å². The van der Waals surface area contributed by atoms with Crippen molar-refractivity contribution in [3.63, 3.8) is 0 Å². The second kappa shape index (κ2) is 2.15. The Kier molecular flexibility index (Phi) is 1.50. The minimum atomic E-state index is 1.23. The van der Waals surface area contributed by atoms with E-state index in [-0.39, 0.29) is 0 Å². The first kappa shape index (κ1) is 4.89. The highest BCUT2D eigenvalue weighted by Crippen LogP contribution is 2.24. The van der Waals surface area contributed by atoms with Crippen LogP contribution in [0.5, 0.6) is 0 Å². The van der Waals surface area contributed by atoms with Gasteiger partial charge in [0, 0.05) is 0 Å². The molecule has 0 atom stereocenters. The molecule has 7 heavy (non-hydrogen) atoms. The summed E-state index contributed by atoms with van der Waals surface area (Å²) in [5.41, 5.74) is 1.68. The van der Waals surface area contributed by atoms with Crippen LogP contribution in [0.2, 0.25) is 0 Å². The maximum absolute atomic E-state index is 2.35. The first-order valence-electron chi connectivity index (χ1n) is 3.11. The highest BCUT2D eigenvalue weighted by Gasteiger charge is 2.05. The molecule has 0 radical (unpaired) electrons. The van der Waals surface area contributed by atoms with E-state index < -0.39 is 0 Å². The van der Waals surface area contributed by atoms with Crippen molar-refractivity contribution < 1.29 is 0 Å². The van der Waals surface area contributed by atoms with Crippen molar-refractivity contribution in [3.8, 4) is 0 Å². The van der Waals surface area contributed by atoms with Gasteiger partial charge in [0.05, 0.1) is 0 Å². The molecule has 0 aliphatic heterocycles.